The van der Waals surface area contributed by atoms with Crippen LogP contribution in [0.2, 0.25) is 0 Å². The van der Waals surface area contributed by atoms with E-state index in [0.29, 0.717) is 24.8 Å². The Labute approximate surface area is 153 Å². The van der Waals surface area contributed by atoms with Gasteiger partial charge in [-0.3, -0.25) is 4.79 Å². The van der Waals surface area contributed by atoms with Gasteiger partial charge in [0, 0.05) is 23.5 Å². The van der Waals surface area contributed by atoms with Crippen LogP contribution in [-0.4, -0.2) is 27.4 Å². The summed E-state index contributed by atoms with van der Waals surface area (Å²) in [6.07, 6.45) is 6.96. The predicted molar refractivity (Wildman–Crippen MR) is 98.4 cm³/mol. The SMILES string of the molecule is CCOc1ccc(C2CC(=O)Nc3c2cnn3C2CCCC2)cc1CO. The third-order valence-electron chi connectivity index (χ3n) is 5.47. The Morgan fingerprint density at radius 2 is 2.15 bits per heavy atom. The summed E-state index contributed by atoms with van der Waals surface area (Å²) in [6.45, 7) is 2.39. The fraction of sp³-hybridized carbons (Fsp3) is 0.500. The van der Waals surface area contributed by atoms with Gasteiger partial charge in [0.1, 0.15) is 11.6 Å². The van der Waals surface area contributed by atoms with E-state index in [4.69, 9.17) is 4.74 Å². The Hall–Kier alpha value is -2.34. The van der Waals surface area contributed by atoms with E-state index in [1.807, 2.05) is 36.0 Å². The summed E-state index contributed by atoms with van der Waals surface area (Å²) < 4.78 is 7.58. The number of aliphatic hydroxyl groups is 1. The highest BCUT2D eigenvalue weighted by atomic mass is 16.5. The molecule has 1 saturated carbocycles. The van der Waals surface area contributed by atoms with Crippen LogP contribution in [0.1, 0.15) is 67.7 Å². The van der Waals surface area contributed by atoms with E-state index in [0.717, 1.165) is 35.3 Å². The third-order valence-corrected chi connectivity index (χ3v) is 5.47. The minimum Gasteiger partial charge on any atom is -0.494 e. The number of aliphatic hydroxyl groups excluding tert-OH is 1. The van der Waals surface area contributed by atoms with Crippen LogP contribution < -0.4 is 10.1 Å². The molecule has 26 heavy (non-hydrogen) atoms. The van der Waals surface area contributed by atoms with Crippen molar-refractivity contribution in [3.63, 3.8) is 0 Å². The number of nitrogens with zero attached hydrogens (tertiary/aromatic N) is 2. The second kappa shape index (κ2) is 7.11. The molecule has 6 heteroatoms. The smallest absolute Gasteiger partial charge is 0.226 e. The Bertz CT molecular complexity index is 809. The maximum atomic E-state index is 12.4. The normalized spacial score (nSPS) is 20.1. The number of ether oxygens (including phenoxy) is 1. The van der Waals surface area contributed by atoms with Gasteiger partial charge >= 0.3 is 0 Å². The van der Waals surface area contributed by atoms with Gasteiger partial charge in [0.25, 0.3) is 0 Å². The molecule has 0 bridgehead atoms. The molecule has 1 atom stereocenters. The van der Waals surface area contributed by atoms with Crippen LogP contribution in [0.15, 0.2) is 24.4 Å². The van der Waals surface area contributed by atoms with Crippen LogP contribution in [0, 0.1) is 0 Å². The molecule has 1 aliphatic carbocycles. The van der Waals surface area contributed by atoms with Crippen molar-refractivity contribution < 1.29 is 14.6 Å². The number of rotatable bonds is 5. The zero-order valence-electron chi connectivity index (χ0n) is 15.1. The highest BCUT2D eigenvalue weighted by molar-refractivity contribution is 5.94. The van der Waals surface area contributed by atoms with Crippen molar-refractivity contribution in [2.24, 2.45) is 0 Å². The van der Waals surface area contributed by atoms with Crippen LogP contribution >= 0.6 is 0 Å². The van der Waals surface area contributed by atoms with Gasteiger partial charge in [-0.05, 0) is 37.5 Å². The molecule has 2 aromatic rings. The van der Waals surface area contributed by atoms with Crippen molar-refractivity contribution in [3.8, 4) is 5.75 Å². The molecule has 2 N–H and O–H groups in total. The van der Waals surface area contributed by atoms with Crippen molar-refractivity contribution in [1.82, 2.24) is 9.78 Å². The Balaban J connectivity index is 1.71. The number of carbonyl (C=O) groups is 1. The van der Waals surface area contributed by atoms with Crippen molar-refractivity contribution in [2.75, 3.05) is 11.9 Å². The van der Waals surface area contributed by atoms with Crippen LogP contribution in [0.3, 0.4) is 0 Å². The van der Waals surface area contributed by atoms with Gasteiger partial charge in [0.05, 0.1) is 25.5 Å². The van der Waals surface area contributed by atoms with E-state index in [1.54, 1.807) is 0 Å². The molecule has 1 aromatic carbocycles. The van der Waals surface area contributed by atoms with Gasteiger partial charge in [0.2, 0.25) is 5.91 Å². The molecule has 4 rings (SSSR count). The maximum Gasteiger partial charge on any atom is 0.226 e. The summed E-state index contributed by atoms with van der Waals surface area (Å²) in [5, 5.41) is 17.3. The first-order valence-electron chi connectivity index (χ1n) is 9.45. The number of aromatic nitrogens is 2. The highest BCUT2D eigenvalue weighted by Gasteiger charge is 2.32. The second-order valence-electron chi connectivity index (χ2n) is 7.09. The quantitative estimate of drug-likeness (QED) is 0.862. The summed E-state index contributed by atoms with van der Waals surface area (Å²) in [7, 11) is 0. The number of fused-ring (bicyclic) bond motifs is 1. The van der Waals surface area contributed by atoms with Crippen molar-refractivity contribution >= 4 is 11.7 Å². The van der Waals surface area contributed by atoms with E-state index in [2.05, 4.69) is 10.4 Å². The molecule has 1 amide bonds. The average molecular weight is 355 g/mol. The summed E-state index contributed by atoms with van der Waals surface area (Å²) in [4.78, 5) is 12.4. The standard InChI is InChI=1S/C20H25N3O3/c1-2-26-18-8-7-13(9-14(18)12-24)16-10-19(25)22-20-17(16)11-21-23(20)15-5-3-4-6-15/h7-9,11,15-16,24H,2-6,10,12H2,1H3,(H,22,25). The molecule has 1 aromatic heterocycles. The van der Waals surface area contributed by atoms with E-state index < -0.39 is 0 Å². The molecular weight excluding hydrogens is 330 g/mol. The largest absolute Gasteiger partial charge is 0.494 e. The lowest BCUT2D eigenvalue weighted by atomic mass is 9.86. The number of anilines is 1. The lowest BCUT2D eigenvalue weighted by Crippen LogP contribution is -2.25. The molecule has 0 radical (unpaired) electrons. The van der Waals surface area contributed by atoms with Crippen LogP contribution in [0.5, 0.6) is 5.75 Å². The molecular formula is C20H25N3O3. The second-order valence-corrected chi connectivity index (χ2v) is 7.09. The first-order chi connectivity index (χ1) is 12.7. The average Bonchev–Trinajstić information content (AvgIpc) is 3.30. The highest BCUT2D eigenvalue weighted by Crippen LogP contribution is 2.41. The third kappa shape index (κ3) is 2.98. The van der Waals surface area contributed by atoms with Crippen molar-refractivity contribution in [2.45, 2.75) is 57.6 Å². The predicted octanol–water partition coefficient (Wildman–Crippen LogP) is 3.36. The Kier molecular flexibility index (Phi) is 4.68. The lowest BCUT2D eigenvalue weighted by molar-refractivity contribution is -0.116. The van der Waals surface area contributed by atoms with Crippen molar-refractivity contribution in [3.05, 3.63) is 41.1 Å². The number of carbonyl (C=O) groups excluding carboxylic acids is 1. The monoisotopic (exact) mass is 355 g/mol. The molecule has 0 saturated heterocycles. The topological polar surface area (TPSA) is 76.4 Å². The Morgan fingerprint density at radius 1 is 1.35 bits per heavy atom. The molecule has 138 valence electrons. The zero-order chi connectivity index (χ0) is 18.1. The summed E-state index contributed by atoms with van der Waals surface area (Å²) in [6, 6.07) is 6.21. The van der Waals surface area contributed by atoms with Crippen molar-refractivity contribution in [1.29, 1.82) is 0 Å². The summed E-state index contributed by atoms with van der Waals surface area (Å²) in [5.74, 6) is 1.51. The fourth-order valence-corrected chi connectivity index (χ4v) is 4.20. The fourth-order valence-electron chi connectivity index (χ4n) is 4.20. The molecule has 2 heterocycles. The number of nitrogens with one attached hydrogen (secondary N) is 1. The first kappa shape index (κ1) is 17.1. The Morgan fingerprint density at radius 3 is 2.88 bits per heavy atom. The van der Waals surface area contributed by atoms with Gasteiger partial charge in [-0.1, -0.05) is 18.9 Å². The van der Waals surface area contributed by atoms with E-state index in [9.17, 15) is 9.90 Å². The van der Waals surface area contributed by atoms with Crippen LogP contribution in [0.4, 0.5) is 5.82 Å². The molecule has 1 aliphatic heterocycles. The van der Waals surface area contributed by atoms with E-state index in [1.165, 1.54) is 12.8 Å². The molecule has 0 spiro atoms. The molecule has 1 fully saturated rings. The number of amides is 1. The van der Waals surface area contributed by atoms with Gasteiger partial charge in [0.15, 0.2) is 0 Å². The van der Waals surface area contributed by atoms with Gasteiger partial charge in [-0.15, -0.1) is 0 Å². The number of hydrogen-bond acceptors (Lipinski definition) is 4. The first-order valence-corrected chi connectivity index (χ1v) is 9.45. The lowest BCUT2D eigenvalue weighted by Gasteiger charge is -2.25. The summed E-state index contributed by atoms with van der Waals surface area (Å²) >= 11 is 0. The molecule has 1 unspecified atom stereocenters. The molecule has 2 aliphatic rings. The number of hydrogen-bond donors (Lipinski definition) is 2. The minimum absolute atomic E-state index is 0.0154. The van der Waals surface area contributed by atoms with Gasteiger partial charge < -0.3 is 15.2 Å². The van der Waals surface area contributed by atoms with Gasteiger partial charge in [-0.2, -0.15) is 5.10 Å². The van der Waals surface area contributed by atoms with Crippen LogP contribution in [-0.2, 0) is 11.4 Å². The maximum absolute atomic E-state index is 12.4. The van der Waals surface area contributed by atoms with Gasteiger partial charge in [-0.25, -0.2) is 4.68 Å². The number of benzene rings is 1. The summed E-state index contributed by atoms with van der Waals surface area (Å²) in [5.41, 5.74) is 2.82. The molecule has 6 nitrogen and oxygen atoms in total. The van der Waals surface area contributed by atoms with E-state index >= 15 is 0 Å². The zero-order valence-corrected chi connectivity index (χ0v) is 15.1. The minimum atomic E-state index is -0.0870. The van der Waals surface area contributed by atoms with Crippen LogP contribution in [0.25, 0.3) is 0 Å². The van der Waals surface area contributed by atoms with E-state index in [-0.39, 0.29) is 18.4 Å².